The van der Waals surface area contributed by atoms with Crippen LogP contribution in [0.5, 0.6) is 0 Å². The molecule has 30 heavy (non-hydrogen) atoms. The van der Waals surface area contributed by atoms with Crippen molar-refractivity contribution in [3.05, 3.63) is 78.2 Å². The van der Waals surface area contributed by atoms with E-state index in [1.807, 2.05) is 72.5 Å². The van der Waals surface area contributed by atoms with Gasteiger partial charge < -0.3 is 9.42 Å². The summed E-state index contributed by atoms with van der Waals surface area (Å²) in [5, 5.41) is 4.12. The lowest BCUT2D eigenvalue weighted by Gasteiger charge is -2.36. The zero-order chi connectivity index (χ0) is 20.9. The zero-order valence-electron chi connectivity index (χ0n) is 17.4. The molecule has 0 spiro atoms. The molecule has 1 fully saturated rings. The molecule has 1 aliphatic rings. The molecule has 2 aromatic carbocycles. The molecule has 6 nitrogen and oxygen atoms in total. The van der Waals surface area contributed by atoms with Gasteiger partial charge in [0.05, 0.1) is 6.04 Å². The third kappa shape index (κ3) is 4.49. The number of nitrogens with zero attached hydrogens (tertiary/aromatic N) is 4. The van der Waals surface area contributed by atoms with E-state index in [9.17, 15) is 4.79 Å². The Morgan fingerprint density at radius 2 is 1.63 bits per heavy atom. The molecule has 1 saturated heterocycles. The second-order valence-corrected chi connectivity index (χ2v) is 7.55. The van der Waals surface area contributed by atoms with Crippen molar-refractivity contribution in [3.63, 3.8) is 0 Å². The molecule has 0 N–H and O–H groups in total. The number of benzene rings is 2. The highest BCUT2D eigenvalue weighted by atomic mass is 16.5. The molecule has 0 aliphatic carbocycles. The molecule has 2 heterocycles. The standard InChI is InChI=1S/C24H26N4O2/c1-18(20-9-5-3-6-10-20)17-22(29)28-15-13-27(14-16-28)19(2)24-25-23(26-30-24)21-11-7-4-8-12-21/h3-12,17,19H,13-16H2,1-2H3. The van der Waals surface area contributed by atoms with Crippen LogP contribution < -0.4 is 0 Å². The SMILES string of the molecule is CC(=CC(=O)N1CCN(C(C)c2nc(-c3ccccc3)no2)CC1)c1ccccc1. The van der Waals surface area contributed by atoms with Crippen molar-refractivity contribution in [2.24, 2.45) is 0 Å². The number of amides is 1. The topological polar surface area (TPSA) is 62.5 Å². The smallest absolute Gasteiger partial charge is 0.246 e. The largest absolute Gasteiger partial charge is 0.337 e. The molecule has 1 amide bonds. The zero-order valence-corrected chi connectivity index (χ0v) is 17.4. The van der Waals surface area contributed by atoms with E-state index in [0.29, 0.717) is 24.8 Å². The molecular formula is C24H26N4O2. The number of rotatable bonds is 5. The summed E-state index contributed by atoms with van der Waals surface area (Å²) in [4.78, 5) is 21.4. The van der Waals surface area contributed by atoms with Gasteiger partial charge in [0.25, 0.3) is 0 Å². The van der Waals surface area contributed by atoms with Crippen LogP contribution in [0.25, 0.3) is 17.0 Å². The molecule has 0 radical (unpaired) electrons. The van der Waals surface area contributed by atoms with Crippen LogP contribution in [-0.4, -0.2) is 52.0 Å². The van der Waals surface area contributed by atoms with Gasteiger partial charge in [0.15, 0.2) is 0 Å². The molecule has 1 unspecified atom stereocenters. The number of piperazine rings is 1. The predicted octanol–water partition coefficient (Wildman–Crippen LogP) is 4.05. The second kappa shape index (κ2) is 9.05. The first-order chi connectivity index (χ1) is 14.6. The Morgan fingerprint density at radius 1 is 1.00 bits per heavy atom. The minimum absolute atomic E-state index is 0.00816. The first-order valence-corrected chi connectivity index (χ1v) is 10.3. The van der Waals surface area contributed by atoms with Gasteiger partial charge in [-0.25, -0.2) is 0 Å². The quantitative estimate of drug-likeness (QED) is 0.603. The highest BCUT2D eigenvalue weighted by molar-refractivity contribution is 5.94. The Morgan fingerprint density at radius 3 is 2.30 bits per heavy atom. The van der Waals surface area contributed by atoms with Crippen LogP contribution in [0.4, 0.5) is 0 Å². The molecule has 1 atom stereocenters. The van der Waals surface area contributed by atoms with Crippen molar-refractivity contribution in [2.75, 3.05) is 26.2 Å². The van der Waals surface area contributed by atoms with Gasteiger partial charge in [-0.05, 0) is 25.0 Å². The van der Waals surface area contributed by atoms with Crippen molar-refractivity contribution in [2.45, 2.75) is 19.9 Å². The number of carbonyl (C=O) groups is 1. The van der Waals surface area contributed by atoms with Crippen LogP contribution in [0.3, 0.4) is 0 Å². The molecular weight excluding hydrogens is 376 g/mol. The number of allylic oxidation sites excluding steroid dienone is 1. The van der Waals surface area contributed by atoms with Gasteiger partial charge in [-0.3, -0.25) is 9.69 Å². The fourth-order valence-electron chi connectivity index (χ4n) is 3.66. The number of carbonyl (C=O) groups excluding carboxylic acids is 1. The van der Waals surface area contributed by atoms with Crippen LogP contribution >= 0.6 is 0 Å². The Kier molecular flexibility index (Phi) is 6.05. The summed E-state index contributed by atoms with van der Waals surface area (Å²) < 4.78 is 5.52. The lowest BCUT2D eigenvalue weighted by molar-refractivity contribution is -0.128. The molecule has 4 rings (SSSR count). The van der Waals surface area contributed by atoms with E-state index in [4.69, 9.17) is 4.52 Å². The van der Waals surface area contributed by atoms with Gasteiger partial charge in [0, 0.05) is 37.8 Å². The number of aromatic nitrogens is 2. The lowest BCUT2D eigenvalue weighted by atomic mass is 10.1. The number of hydrogen-bond donors (Lipinski definition) is 0. The summed E-state index contributed by atoms with van der Waals surface area (Å²) in [6.45, 7) is 6.95. The van der Waals surface area contributed by atoms with Gasteiger partial charge in [0.2, 0.25) is 17.6 Å². The average Bonchev–Trinajstić information content (AvgIpc) is 3.30. The first kappa shape index (κ1) is 20.0. The first-order valence-electron chi connectivity index (χ1n) is 10.3. The lowest BCUT2D eigenvalue weighted by Crippen LogP contribution is -2.48. The Bertz CT molecular complexity index is 1010. The third-order valence-corrected chi connectivity index (χ3v) is 5.57. The van der Waals surface area contributed by atoms with Gasteiger partial charge >= 0.3 is 0 Å². The van der Waals surface area contributed by atoms with Gasteiger partial charge in [-0.2, -0.15) is 4.98 Å². The minimum atomic E-state index is 0.00816. The Hall–Kier alpha value is -3.25. The van der Waals surface area contributed by atoms with Crippen LogP contribution in [-0.2, 0) is 4.79 Å². The van der Waals surface area contributed by atoms with Crippen LogP contribution in [0.15, 0.2) is 71.3 Å². The fraction of sp³-hybridized carbons (Fsp3) is 0.292. The summed E-state index contributed by atoms with van der Waals surface area (Å²) in [6, 6.07) is 19.8. The van der Waals surface area contributed by atoms with Gasteiger partial charge in [-0.1, -0.05) is 65.8 Å². The summed E-state index contributed by atoms with van der Waals surface area (Å²) >= 11 is 0. The molecule has 0 bridgehead atoms. The fourth-order valence-corrected chi connectivity index (χ4v) is 3.66. The molecule has 1 aromatic heterocycles. The van der Waals surface area contributed by atoms with E-state index in [-0.39, 0.29) is 11.9 Å². The second-order valence-electron chi connectivity index (χ2n) is 7.55. The Labute approximate surface area is 176 Å². The minimum Gasteiger partial charge on any atom is -0.337 e. The Balaban J connectivity index is 1.35. The summed E-state index contributed by atoms with van der Waals surface area (Å²) in [7, 11) is 0. The van der Waals surface area contributed by atoms with Crippen molar-refractivity contribution in [1.29, 1.82) is 0 Å². The maximum absolute atomic E-state index is 12.7. The molecule has 3 aromatic rings. The molecule has 1 aliphatic heterocycles. The molecule has 154 valence electrons. The van der Waals surface area contributed by atoms with Crippen molar-refractivity contribution in [1.82, 2.24) is 19.9 Å². The van der Waals surface area contributed by atoms with E-state index >= 15 is 0 Å². The number of hydrogen-bond acceptors (Lipinski definition) is 5. The summed E-state index contributed by atoms with van der Waals surface area (Å²) in [5.74, 6) is 1.27. The highest BCUT2D eigenvalue weighted by Gasteiger charge is 2.27. The monoisotopic (exact) mass is 402 g/mol. The summed E-state index contributed by atoms with van der Waals surface area (Å²) in [6.07, 6.45) is 1.73. The molecule has 6 heteroatoms. The van der Waals surface area contributed by atoms with E-state index < -0.39 is 0 Å². The van der Waals surface area contributed by atoms with Crippen LogP contribution in [0.1, 0.15) is 31.3 Å². The predicted molar refractivity (Wildman–Crippen MR) is 116 cm³/mol. The van der Waals surface area contributed by atoms with E-state index in [0.717, 1.165) is 29.8 Å². The maximum atomic E-state index is 12.7. The maximum Gasteiger partial charge on any atom is 0.246 e. The van der Waals surface area contributed by atoms with Crippen molar-refractivity contribution in [3.8, 4) is 11.4 Å². The highest BCUT2D eigenvalue weighted by Crippen LogP contribution is 2.23. The van der Waals surface area contributed by atoms with Crippen molar-refractivity contribution >= 4 is 11.5 Å². The third-order valence-electron chi connectivity index (χ3n) is 5.57. The summed E-state index contributed by atoms with van der Waals surface area (Å²) in [5.41, 5.74) is 3.00. The van der Waals surface area contributed by atoms with Gasteiger partial charge in [-0.15, -0.1) is 0 Å². The van der Waals surface area contributed by atoms with Gasteiger partial charge in [0.1, 0.15) is 0 Å². The van der Waals surface area contributed by atoms with E-state index in [2.05, 4.69) is 22.0 Å². The van der Waals surface area contributed by atoms with Crippen LogP contribution in [0.2, 0.25) is 0 Å². The normalized spacial score (nSPS) is 16.5. The van der Waals surface area contributed by atoms with Crippen LogP contribution in [0, 0.1) is 0 Å². The van der Waals surface area contributed by atoms with Crippen molar-refractivity contribution < 1.29 is 9.32 Å². The van der Waals surface area contributed by atoms with E-state index in [1.54, 1.807) is 6.08 Å². The average molecular weight is 402 g/mol. The van der Waals surface area contributed by atoms with E-state index in [1.165, 1.54) is 0 Å². The molecule has 0 saturated carbocycles.